The molecule has 0 aromatic heterocycles. The molecule has 0 fully saturated rings. The molecule has 0 saturated carbocycles. The van der Waals surface area contributed by atoms with Gasteiger partial charge >= 0.3 is 0 Å². The molecule has 0 bridgehead atoms. The molecule has 0 saturated heterocycles. The Kier molecular flexibility index (Phi) is 5.99. The first-order valence-corrected chi connectivity index (χ1v) is 7.78. The monoisotopic (exact) mass is 335 g/mol. The Hall–Kier alpha value is -2.07. The van der Waals surface area contributed by atoms with Gasteiger partial charge in [0, 0.05) is 11.6 Å². The van der Waals surface area contributed by atoms with Gasteiger partial charge in [-0.1, -0.05) is 23.7 Å². The number of halogens is 2. The Balaban J connectivity index is 1.81. The number of carbonyl (C=O) groups is 1. The summed E-state index contributed by atoms with van der Waals surface area (Å²) in [5.41, 5.74) is 1.84. The first-order valence-electron chi connectivity index (χ1n) is 7.40. The summed E-state index contributed by atoms with van der Waals surface area (Å²) in [5.74, 6) is 0.176. The molecule has 2 aromatic carbocycles. The number of aryl methyl sites for hydroxylation is 1. The number of carbonyl (C=O) groups excluding carboxylic acids is 1. The summed E-state index contributed by atoms with van der Waals surface area (Å²) < 4.78 is 18.5. The van der Waals surface area contributed by atoms with Crippen molar-refractivity contribution in [2.24, 2.45) is 0 Å². The number of amides is 1. The average Bonchev–Trinajstić information content (AvgIpc) is 2.51. The standard InChI is InChI=1S/C18H19ClFNO2/c1-12-11-15(19)5-8-17(12)23-13(2)18(22)21-10-9-14-3-6-16(20)7-4-14/h3-8,11,13H,9-10H2,1-2H3,(H,21,22). The maximum Gasteiger partial charge on any atom is 0.260 e. The maximum atomic E-state index is 12.8. The van der Waals surface area contributed by atoms with Crippen LogP contribution in [0.2, 0.25) is 5.02 Å². The molecule has 0 aliphatic rings. The molecule has 122 valence electrons. The fourth-order valence-corrected chi connectivity index (χ4v) is 2.34. The third-order valence-corrected chi connectivity index (χ3v) is 3.67. The van der Waals surface area contributed by atoms with E-state index in [1.807, 2.05) is 6.92 Å². The molecule has 23 heavy (non-hydrogen) atoms. The minimum absolute atomic E-state index is 0.193. The lowest BCUT2D eigenvalue weighted by atomic mass is 10.1. The fourth-order valence-electron chi connectivity index (χ4n) is 2.11. The van der Waals surface area contributed by atoms with Crippen LogP contribution in [-0.2, 0) is 11.2 Å². The highest BCUT2D eigenvalue weighted by Gasteiger charge is 2.15. The minimum atomic E-state index is -0.608. The van der Waals surface area contributed by atoms with Gasteiger partial charge in [-0.2, -0.15) is 0 Å². The van der Waals surface area contributed by atoms with Gasteiger partial charge in [0.15, 0.2) is 6.10 Å². The van der Waals surface area contributed by atoms with Gasteiger partial charge in [0.1, 0.15) is 11.6 Å². The van der Waals surface area contributed by atoms with Crippen LogP contribution in [-0.4, -0.2) is 18.6 Å². The van der Waals surface area contributed by atoms with Gasteiger partial charge in [-0.05, 0) is 61.7 Å². The highest BCUT2D eigenvalue weighted by molar-refractivity contribution is 6.30. The van der Waals surface area contributed by atoms with Crippen molar-refractivity contribution in [3.05, 3.63) is 64.4 Å². The molecule has 0 heterocycles. The third-order valence-electron chi connectivity index (χ3n) is 3.44. The van der Waals surface area contributed by atoms with Crippen LogP contribution in [0.3, 0.4) is 0 Å². The van der Waals surface area contributed by atoms with Gasteiger partial charge in [-0.3, -0.25) is 4.79 Å². The van der Waals surface area contributed by atoms with Crippen molar-refractivity contribution in [3.63, 3.8) is 0 Å². The Labute approximate surface area is 140 Å². The van der Waals surface area contributed by atoms with Gasteiger partial charge < -0.3 is 10.1 Å². The zero-order valence-corrected chi connectivity index (χ0v) is 13.9. The van der Waals surface area contributed by atoms with E-state index in [0.717, 1.165) is 11.1 Å². The summed E-state index contributed by atoms with van der Waals surface area (Å²) in [4.78, 5) is 12.0. The Morgan fingerprint density at radius 1 is 1.26 bits per heavy atom. The van der Waals surface area contributed by atoms with E-state index in [2.05, 4.69) is 5.32 Å². The van der Waals surface area contributed by atoms with Crippen LogP contribution in [0.4, 0.5) is 4.39 Å². The molecule has 2 aromatic rings. The zero-order chi connectivity index (χ0) is 16.8. The first-order chi connectivity index (χ1) is 11.0. The summed E-state index contributed by atoms with van der Waals surface area (Å²) in [6.45, 7) is 4.04. The second-order valence-electron chi connectivity index (χ2n) is 5.34. The van der Waals surface area contributed by atoms with Crippen LogP contribution in [0, 0.1) is 12.7 Å². The minimum Gasteiger partial charge on any atom is -0.481 e. The van der Waals surface area contributed by atoms with Crippen molar-refractivity contribution >= 4 is 17.5 Å². The van der Waals surface area contributed by atoms with Crippen molar-refractivity contribution in [1.82, 2.24) is 5.32 Å². The van der Waals surface area contributed by atoms with Crippen molar-refractivity contribution < 1.29 is 13.9 Å². The molecule has 2 rings (SSSR count). The summed E-state index contributed by atoms with van der Waals surface area (Å²) >= 11 is 5.89. The van der Waals surface area contributed by atoms with Crippen LogP contribution < -0.4 is 10.1 Å². The summed E-state index contributed by atoms with van der Waals surface area (Å²) in [5, 5.41) is 3.44. The van der Waals surface area contributed by atoms with E-state index in [9.17, 15) is 9.18 Å². The highest BCUT2D eigenvalue weighted by Crippen LogP contribution is 2.22. The molecule has 5 heteroatoms. The highest BCUT2D eigenvalue weighted by atomic mass is 35.5. The van der Waals surface area contributed by atoms with Gasteiger partial charge in [0.25, 0.3) is 5.91 Å². The van der Waals surface area contributed by atoms with Gasteiger partial charge in [-0.15, -0.1) is 0 Å². The largest absolute Gasteiger partial charge is 0.481 e. The lowest BCUT2D eigenvalue weighted by Crippen LogP contribution is -2.37. The number of ether oxygens (including phenoxy) is 1. The van der Waals surface area contributed by atoms with E-state index in [1.54, 1.807) is 37.3 Å². The van der Waals surface area contributed by atoms with Crippen LogP contribution in [0.5, 0.6) is 5.75 Å². The molecule has 0 spiro atoms. The van der Waals surface area contributed by atoms with Crippen molar-refractivity contribution in [2.75, 3.05) is 6.54 Å². The van der Waals surface area contributed by atoms with E-state index in [1.165, 1.54) is 12.1 Å². The smallest absolute Gasteiger partial charge is 0.260 e. The molecule has 0 aliphatic carbocycles. The topological polar surface area (TPSA) is 38.3 Å². The van der Waals surface area contributed by atoms with Crippen molar-refractivity contribution in [3.8, 4) is 5.75 Å². The van der Waals surface area contributed by atoms with E-state index < -0.39 is 6.10 Å². The molecule has 1 amide bonds. The summed E-state index contributed by atoms with van der Waals surface area (Å²) in [6, 6.07) is 11.5. The van der Waals surface area contributed by atoms with E-state index in [-0.39, 0.29) is 11.7 Å². The van der Waals surface area contributed by atoms with Crippen LogP contribution in [0.25, 0.3) is 0 Å². The maximum absolute atomic E-state index is 12.8. The number of hydrogen-bond acceptors (Lipinski definition) is 2. The predicted molar refractivity (Wildman–Crippen MR) is 89.4 cm³/mol. The molecule has 1 unspecified atom stereocenters. The van der Waals surface area contributed by atoms with Crippen molar-refractivity contribution in [1.29, 1.82) is 0 Å². The van der Waals surface area contributed by atoms with E-state index >= 15 is 0 Å². The predicted octanol–water partition coefficient (Wildman–Crippen LogP) is 3.91. The lowest BCUT2D eigenvalue weighted by Gasteiger charge is -2.16. The fraction of sp³-hybridized carbons (Fsp3) is 0.278. The molecule has 3 nitrogen and oxygen atoms in total. The van der Waals surface area contributed by atoms with Crippen LogP contribution >= 0.6 is 11.6 Å². The van der Waals surface area contributed by atoms with Gasteiger partial charge in [0.05, 0.1) is 0 Å². The molecule has 0 radical (unpaired) electrons. The lowest BCUT2D eigenvalue weighted by molar-refractivity contribution is -0.127. The number of rotatable bonds is 6. The Morgan fingerprint density at radius 2 is 1.96 bits per heavy atom. The second-order valence-corrected chi connectivity index (χ2v) is 5.77. The van der Waals surface area contributed by atoms with Crippen LogP contribution in [0.1, 0.15) is 18.1 Å². The second kappa shape index (κ2) is 7.97. The number of nitrogens with one attached hydrogen (secondary N) is 1. The molecular weight excluding hydrogens is 317 g/mol. The number of hydrogen-bond donors (Lipinski definition) is 1. The summed E-state index contributed by atoms with van der Waals surface area (Å²) in [7, 11) is 0. The molecule has 0 aliphatic heterocycles. The Bertz CT molecular complexity index is 673. The van der Waals surface area contributed by atoms with Gasteiger partial charge in [-0.25, -0.2) is 4.39 Å². The molecule has 1 atom stereocenters. The normalized spacial score (nSPS) is 11.8. The third kappa shape index (κ3) is 5.25. The summed E-state index contributed by atoms with van der Waals surface area (Å²) in [6.07, 6.45) is 0.0294. The Morgan fingerprint density at radius 3 is 2.61 bits per heavy atom. The van der Waals surface area contributed by atoms with E-state index in [4.69, 9.17) is 16.3 Å². The van der Waals surface area contributed by atoms with Gasteiger partial charge in [0.2, 0.25) is 0 Å². The van der Waals surface area contributed by atoms with Crippen molar-refractivity contribution in [2.45, 2.75) is 26.4 Å². The first kappa shape index (κ1) is 17.3. The van der Waals surface area contributed by atoms with E-state index in [0.29, 0.717) is 23.7 Å². The SMILES string of the molecule is Cc1cc(Cl)ccc1OC(C)C(=O)NCCc1ccc(F)cc1. The quantitative estimate of drug-likeness (QED) is 0.869. The zero-order valence-electron chi connectivity index (χ0n) is 13.1. The average molecular weight is 336 g/mol. The molecule has 1 N–H and O–H groups in total. The van der Waals surface area contributed by atoms with Crippen LogP contribution in [0.15, 0.2) is 42.5 Å². The number of benzene rings is 2. The molecular formula is C18H19ClFNO2.